The monoisotopic (exact) mass is 222 g/mol. The van der Waals surface area contributed by atoms with Gasteiger partial charge in [0.05, 0.1) is 6.54 Å². The minimum atomic E-state index is -0.244. The van der Waals surface area contributed by atoms with Gasteiger partial charge in [-0.1, -0.05) is 12.2 Å². The lowest BCUT2D eigenvalue weighted by Crippen LogP contribution is -2.58. The summed E-state index contributed by atoms with van der Waals surface area (Å²) in [5, 5.41) is 2.80. The van der Waals surface area contributed by atoms with Gasteiger partial charge in [0, 0.05) is 6.54 Å². The summed E-state index contributed by atoms with van der Waals surface area (Å²) in [4.78, 5) is 25.2. The molecule has 1 heterocycles. The highest BCUT2D eigenvalue weighted by molar-refractivity contribution is 5.95. The fraction of sp³-hybridized carbons (Fsp3) is 0.667. The van der Waals surface area contributed by atoms with E-state index < -0.39 is 0 Å². The predicted molar refractivity (Wildman–Crippen MR) is 60.7 cm³/mol. The molecule has 0 spiro atoms. The van der Waals surface area contributed by atoms with Crippen molar-refractivity contribution in [3.8, 4) is 0 Å². The topological polar surface area (TPSA) is 49.4 Å². The Balaban J connectivity index is 1.94. The molecular weight excluding hydrogens is 204 g/mol. The third-order valence-corrected chi connectivity index (χ3v) is 3.12. The maximum Gasteiger partial charge on any atom is 0.245 e. The van der Waals surface area contributed by atoms with Gasteiger partial charge in [0.1, 0.15) is 6.04 Å². The number of nitrogens with one attached hydrogen (secondary N) is 1. The summed E-state index contributed by atoms with van der Waals surface area (Å²) in [6.07, 6.45) is 6.95. The van der Waals surface area contributed by atoms with Gasteiger partial charge in [-0.3, -0.25) is 9.59 Å². The SMILES string of the molecule is C/C=C/CCN1CC(=O)NC(C2CC2)C1=O. The van der Waals surface area contributed by atoms with Crippen LogP contribution in [0.3, 0.4) is 0 Å². The molecule has 0 aromatic rings. The molecule has 1 unspecified atom stereocenters. The lowest BCUT2D eigenvalue weighted by Gasteiger charge is -2.32. The Labute approximate surface area is 95.7 Å². The number of hydrogen-bond donors (Lipinski definition) is 1. The normalized spacial score (nSPS) is 26.3. The van der Waals surface area contributed by atoms with Crippen molar-refractivity contribution in [1.29, 1.82) is 0 Å². The van der Waals surface area contributed by atoms with Crippen LogP contribution in [0.2, 0.25) is 0 Å². The zero-order chi connectivity index (χ0) is 11.5. The van der Waals surface area contributed by atoms with Crippen LogP contribution in [0.25, 0.3) is 0 Å². The standard InChI is InChI=1S/C12H18N2O2/c1-2-3-4-7-14-8-10(15)13-11(12(14)16)9-5-6-9/h2-3,9,11H,4-8H2,1H3,(H,13,15)/b3-2+. The number of rotatable bonds is 4. The maximum atomic E-state index is 12.0. The fourth-order valence-corrected chi connectivity index (χ4v) is 2.06. The summed E-state index contributed by atoms with van der Waals surface area (Å²) in [7, 11) is 0. The second-order valence-electron chi connectivity index (χ2n) is 4.50. The van der Waals surface area contributed by atoms with Crippen molar-refractivity contribution in [2.45, 2.75) is 32.2 Å². The van der Waals surface area contributed by atoms with Gasteiger partial charge in [0.15, 0.2) is 0 Å². The quantitative estimate of drug-likeness (QED) is 0.711. The van der Waals surface area contributed by atoms with Gasteiger partial charge in [-0.2, -0.15) is 0 Å². The van der Waals surface area contributed by atoms with Crippen molar-refractivity contribution >= 4 is 11.8 Å². The van der Waals surface area contributed by atoms with Crippen molar-refractivity contribution in [2.75, 3.05) is 13.1 Å². The largest absolute Gasteiger partial charge is 0.342 e. The highest BCUT2D eigenvalue weighted by Crippen LogP contribution is 2.34. The van der Waals surface area contributed by atoms with E-state index >= 15 is 0 Å². The van der Waals surface area contributed by atoms with E-state index in [1.807, 2.05) is 19.1 Å². The van der Waals surface area contributed by atoms with Crippen LogP contribution in [0.5, 0.6) is 0 Å². The van der Waals surface area contributed by atoms with Gasteiger partial charge in [-0.25, -0.2) is 0 Å². The number of amides is 2. The van der Waals surface area contributed by atoms with Crippen molar-refractivity contribution in [1.82, 2.24) is 10.2 Å². The maximum absolute atomic E-state index is 12.0. The van der Waals surface area contributed by atoms with E-state index in [2.05, 4.69) is 5.32 Å². The van der Waals surface area contributed by atoms with Crippen molar-refractivity contribution in [3.63, 3.8) is 0 Å². The Bertz CT molecular complexity index is 321. The van der Waals surface area contributed by atoms with Gasteiger partial charge in [0.2, 0.25) is 11.8 Å². The Morgan fingerprint density at radius 2 is 2.19 bits per heavy atom. The Morgan fingerprint density at radius 1 is 1.44 bits per heavy atom. The number of hydrogen-bond acceptors (Lipinski definition) is 2. The molecule has 0 radical (unpaired) electrons. The van der Waals surface area contributed by atoms with Crippen LogP contribution in [0, 0.1) is 5.92 Å². The molecule has 1 atom stereocenters. The molecule has 0 aromatic carbocycles. The summed E-state index contributed by atoms with van der Waals surface area (Å²) in [6.45, 7) is 2.83. The minimum Gasteiger partial charge on any atom is -0.342 e. The summed E-state index contributed by atoms with van der Waals surface area (Å²) in [6, 6.07) is -0.244. The van der Waals surface area contributed by atoms with E-state index in [4.69, 9.17) is 0 Å². The third-order valence-electron chi connectivity index (χ3n) is 3.12. The first-order valence-electron chi connectivity index (χ1n) is 5.91. The smallest absolute Gasteiger partial charge is 0.245 e. The van der Waals surface area contributed by atoms with Gasteiger partial charge < -0.3 is 10.2 Å². The second kappa shape index (κ2) is 4.68. The minimum absolute atomic E-state index is 0.0167. The number of carbonyl (C=O) groups is 2. The average Bonchev–Trinajstić information content (AvgIpc) is 3.06. The number of piperazine rings is 1. The molecule has 1 aliphatic heterocycles. The van der Waals surface area contributed by atoms with Gasteiger partial charge in [0.25, 0.3) is 0 Å². The highest BCUT2D eigenvalue weighted by atomic mass is 16.2. The molecule has 4 nitrogen and oxygen atoms in total. The van der Waals surface area contributed by atoms with Crippen LogP contribution in [-0.2, 0) is 9.59 Å². The Hall–Kier alpha value is -1.32. The van der Waals surface area contributed by atoms with Crippen LogP contribution >= 0.6 is 0 Å². The number of nitrogens with zero attached hydrogens (tertiary/aromatic N) is 1. The Kier molecular flexibility index (Phi) is 3.27. The van der Waals surface area contributed by atoms with Crippen molar-refractivity contribution < 1.29 is 9.59 Å². The molecule has 1 N–H and O–H groups in total. The summed E-state index contributed by atoms with van der Waals surface area (Å²) < 4.78 is 0. The third kappa shape index (κ3) is 2.43. The molecule has 2 rings (SSSR count). The summed E-state index contributed by atoms with van der Waals surface area (Å²) >= 11 is 0. The fourth-order valence-electron chi connectivity index (χ4n) is 2.06. The molecule has 2 amide bonds. The van der Waals surface area contributed by atoms with E-state index in [1.165, 1.54) is 0 Å². The predicted octanol–water partition coefficient (Wildman–Crippen LogP) is 0.690. The van der Waals surface area contributed by atoms with Crippen LogP contribution < -0.4 is 5.32 Å². The van der Waals surface area contributed by atoms with Crippen molar-refractivity contribution in [3.05, 3.63) is 12.2 Å². The van der Waals surface area contributed by atoms with Crippen LogP contribution in [-0.4, -0.2) is 35.8 Å². The van der Waals surface area contributed by atoms with Gasteiger partial charge >= 0.3 is 0 Å². The lowest BCUT2D eigenvalue weighted by atomic mass is 10.1. The molecule has 16 heavy (non-hydrogen) atoms. The second-order valence-corrected chi connectivity index (χ2v) is 4.50. The van der Waals surface area contributed by atoms with Gasteiger partial charge in [-0.05, 0) is 32.1 Å². The van der Waals surface area contributed by atoms with E-state index in [1.54, 1.807) is 4.90 Å². The molecule has 4 heteroatoms. The molecule has 1 aliphatic carbocycles. The molecule has 88 valence electrons. The summed E-state index contributed by atoms with van der Waals surface area (Å²) in [5.74, 6) is 0.476. The summed E-state index contributed by atoms with van der Waals surface area (Å²) in [5.41, 5.74) is 0. The molecular formula is C12H18N2O2. The molecule has 1 saturated carbocycles. The zero-order valence-electron chi connectivity index (χ0n) is 9.61. The first-order valence-corrected chi connectivity index (χ1v) is 5.91. The number of allylic oxidation sites excluding steroid dienone is 1. The van der Waals surface area contributed by atoms with Crippen LogP contribution in [0.1, 0.15) is 26.2 Å². The molecule has 0 bridgehead atoms. The molecule has 0 aromatic heterocycles. The molecule has 2 fully saturated rings. The molecule has 2 aliphatic rings. The lowest BCUT2D eigenvalue weighted by molar-refractivity contribution is -0.144. The van der Waals surface area contributed by atoms with Crippen LogP contribution in [0.4, 0.5) is 0 Å². The van der Waals surface area contributed by atoms with E-state index in [0.717, 1.165) is 19.3 Å². The average molecular weight is 222 g/mol. The van der Waals surface area contributed by atoms with E-state index in [-0.39, 0.29) is 24.4 Å². The Morgan fingerprint density at radius 3 is 2.81 bits per heavy atom. The van der Waals surface area contributed by atoms with Crippen molar-refractivity contribution in [2.24, 2.45) is 5.92 Å². The highest BCUT2D eigenvalue weighted by Gasteiger charge is 2.42. The first-order chi connectivity index (χ1) is 7.72. The first kappa shape index (κ1) is 11.2. The van der Waals surface area contributed by atoms with E-state index in [9.17, 15) is 9.59 Å². The molecule has 1 saturated heterocycles. The van der Waals surface area contributed by atoms with E-state index in [0.29, 0.717) is 12.5 Å². The zero-order valence-corrected chi connectivity index (χ0v) is 9.61. The van der Waals surface area contributed by atoms with Crippen LogP contribution in [0.15, 0.2) is 12.2 Å². The number of carbonyl (C=O) groups excluding carboxylic acids is 2. The van der Waals surface area contributed by atoms with Gasteiger partial charge in [-0.15, -0.1) is 0 Å².